The normalized spacial score (nSPS) is 10.7. The molecule has 0 aliphatic carbocycles. The summed E-state index contributed by atoms with van der Waals surface area (Å²) in [6.07, 6.45) is 0. The van der Waals surface area contributed by atoms with E-state index in [0.717, 1.165) is 0 Å². The van der Waals surface area contributed by atoms with Crippen molar-refractivity contribution in [3.05, 3.63) is 87.0 Å². The van der Waals surface area contributed by atoms with Crippen LogP contribution in [-0.4, -0.2) is 18.4 Å². The molecule has 2 N–H and O–H groups in total. The molecule has 172 valence electrons. The van der Waals surface area contributed by atoms with Gasteiger partial charge in [0, 0.05) is 33.9 Å². The second-order valence-corrected chi connectivity index (χ2v) is 8.21. The van der Waals surface area contributed by atoms with E-state index in [2.05, 4.69) is 10.6 Å². The smallest absolute Gasteiger partial charge is 0.262 e. The maximum Gasteiger partial charge on any atom is 0.262 e. The van der Waals surface area contributed by atoms with Crippen LogP contribution in [0.15, 0.2) is 75.9 Å². The molecule has 0 bridgehead atoms. The third-order valence-corrected chi connectivity index (χ3v) is 5.24. The zero-order valence-electron chi connectivity index (χ0n) is 17.9. The maximum absolute atomic E-state index is 13.2. The monoisotopic (exact) mass is 496 g/mol. The van der Waals surface area contributed by atoms with Gasteiger partial charge >= 0.3 is 0 Å². The molecule has 1 heterocycles. The van der Waals surface area contributed by atoms with E-state index in [0.29, 0.717) is 32.6 Å². The third-order valence-electron chi connectivity index (χ3n) is 4.75. The van der Waals surface area contributed by atoms with Gasteiger partial charge in [0.15, 0.2) is 12.4 Å². The molecular weight excluding hydrogens is 479 g/mol. The molecule has 0 aliphatic rings. The summed E-state index contributed by atoms with van der Waals surface area (Å²) >= 11 is 12.0. The molecule has 9 heteroatoms. The van der Waals surface area contributed by atoms with Crippen molar-refractivity contribution in [2.45, 2.75) is 6.92 Å². The van der Waals surface area contributed by atoms with Crippen LogP contribution in [-0.2, 0) is 9.59 Å². The first kappa shape index (κ1) is 23.4. The van der Waals surface area contributed by atoms with Crippen molar-refractivity contribution in [2.24, 2.45) is 0 Å². The Bertz CT molecular complexity index is 1430. The minimum absolute atomic E-state index is 0.117. The zero-order valence-corrected chi connectivity index (χ0v) is 19.4. The largest absolute Gasteiger partial charge is 0.476 e. The summed E-state index contributed by atoms with van der Waals surface area (Å²) in [4.78, 5) is 36.8. The number of benzene rings is 3. The molecule has 4 rings (SSSR count). The first-order valence-corrected chi connectivity index (χ1v) is 10.9. The molecule has 0 saturated carbocycles. The molecule has 0 unspecified atom stereocenters. The fourth-order valence-corrected chi connectivity index (χ4v) is 3.55. The number of amides is 2. The van der Waals surface area contributed by atoms with E-state index >= 15 is 0 Å². The lowest BCUT2D eigenvalue weighted by Crippen LogP contribution is -2.22. The lowest BCUT2D eigenvalue weighted by Gasteiger charge is -2.12. The summed E-state index contributed by atoms with van der Waals surface area (Å²) < 4.78 is 11.6. The lowest BCUT2D eigenvalue weighted by molar-refractivity contribution is -0.118. The molecule has 7 nitrogen and oxygen atoms in total. The highest BCUT2D eigenvalue weighted by Crippen LogP contribution is 2.32. The van der Waals surface area contributed by atoms with E-state index in [9.17, 15) is 14.4 Å². The van der Waals surface area contributed by atoms with Crippen LogP contribution in [0.3, 0.4) is 0 Å². The Labute approximate surface area is 204 Å². The SMILES string of the molecule is CC(=O)Nc1ccc(NC(=O)COc2c(-c3ccc(Cl)cc3)oc3ccc(Cl)cc3c2=O)cc1. The topological polar surface area (TPSA) is 97.6 Å². The van der Waals surface area contributed by atoms with Crippen LogP contribution in [0.4, 0.5) is 11.4 Å². The number of rotatable bonds is 6. The number of carbonyl (C=O) groups excluding carboxylic acids is 2. The Morgan fingerprint density at radius 1 is 0.882 bits per heavy atom. The van der Waals surface area contributed by atoms with E-state index < -0.39 is 17.9 Å². The van der Waals surface area contributed by atoms with Gasteiger partial charge in [0.2, 0.25) is 17.1 Å². The van der Waals surface area contributed by atoms with Crippen molar-refractivity contribution < 1.29 is 18.7 Å². The van der Waals surface area contributed by atoms with Crippen molar-refractivity contribution in [3.8, 4) is 17.1 Å². The molecule has 0 aliphatic heterocycles. The number of hydrogen-bond donors (Lipinski definition) is 2. The quantitative estimate of drug-likeness (QED) is 0.354. The number of ether oxygens (including phenoxy) is 1. The van der Waals surface area contributed by atoms with Crippen molar-refractivity contribution in [1.29, 1.82) is 0 Å². The van der Waals surface area contributed by atoms with Gasteiger partial charge in [-0.25, -0.2) is 0 Å². The summed E-state index contributed by atoms with van der Waals surface area (Å²) in [5.74, 6) is -0.630. The fourth-order valence-electron chi connectivity index (χ4n) is 3.25. The van der Waals surface area contributed by atoms with Crippen molar-refractivity contribution in [3.63, 3.8) is 0 Å². The second kappa shape index (κ2) is 9.99. The van der Waals surface area contributed by atoms with Gasteiger partial charge in [-0.1, -0.05) is 23.2 Å². The van der Waals surface area contributed by atoms with Crippen LogP contribution in [0.1, 0.15) is 6.92 Å². The number of nitrogens with one attached hydrogen (secondary N) is 2. The van der Waals surface area contributed by atoms with Gasteiger partial charge in [-0.15, -0.1) is 0 Å². The highest BCUT2D eigenvalue weighted by atomic mass is 35.5. The van der Waals surface area contributed by atoms with Crippen LogP contribution in [0.2, 0.25) is 10.0 Å². The first-order valence-electron chi connectivity index (χ1n) is 10.1. The highest BCUT2D eigenvalue weighted by molar-refractivity contribution is 6.31. The van der Waals surface area contributed by atoms with Crippen LogP contribution in [0.5, 0.6) is 5.75 Å². The van der Waals surface area contributed by atoms with Crippen LogP contribution in [0, 0.1) is 0 Å². The van der Waals surface area contributed by atoms with Gasteiger partial charge in [-0.3, -0.25) is 14.4 Å². The number of carbonyl (C=O) groups is 2. The van der Waals surface area contributed by atoms with Gasteiger partial charge in [0.1, 0.15) is 5.58 Å². The molecule has 0 radical (unpaired) electrons. The molecule has 0 fully saturated rings. The average molecular weight is 497 g/mol. The summed E-state index contributed by atoms with van der Waals surface area (Å²) in [6.45, 7) is 0.966. The predicted molar refractivity (Wildman–Crippen MR) is 133 cm³/mol. The molecule has 4 aromatic rings. The average Bonchev–Trinajstić information content (AvgIpc) is 2.80. The Morgan fingerprint density at radius 2 is 1.50 bits per heavy atom. The summed E-state index contributed by atoms with van der Waals surface area (Å²) in [6, 6.07) is 18.0. The minimum Gasteiger partial charge on any atom is -0.476 e. The third kappa shape index (κ3) is 5.39. The van der Waals surface area contributed by atoms with E-state index in [1.165, 1.54) is 13.0 Å². The highest BCUT2D eigenvalue weighted by Gasteiger charge is 2.19. The predicted octanol–water partition coefficient (Wildman–Crippen LogP) is 5.74. The Kier molecular flexibility index (Phi) is 6.86. The first-order chi connectivity index (χ1) is 16.3. The summed E-state index contributed by atoms with van der Waals surface area (Å²) in [5, 5.41) is 6.44. The van der Waals surface area contributed by atoms with Crippen molar-refractivity contribution >= 4 is 57.4 Å². The van der Waals surface area contributed by atoms with Gasteiger partial charge in [-0.2, -0.15) is 0 Å². The zero-order chi connectivity index (χ0) is 24.2. The fraction of sp³-hybridized carbons (Fsp3) is 0.0800. The van der Waals surface area contributed by atoms with Crippen molar-refractivity contribution in [1.82, 2.24) is 0 Å². The molecule has 3 aromatic carbocycles. The number of anilines is 2. The van der Waals surface area contributed by atoms with Crippen LogP contribution >= 0.6 is 23.2 Å². The molecular formula is C25H18Cl2N2O5. The van der Waals surface area contributed by atoms with Gasteiger partial charge in [0.05, 0.1) is 5.39 Å². The van der Waals surface area contributed by atoms with Crippen LogP contribution in [0.25, 0.3) is 22.3 Å². The molecule has 34 heavy (non-hydrogen) atoms. The van der Waals surface area contributed by atoms with E-state index in [-0.39, 0.29) is 22.8 Å². The van der Waals surface area contributed by atoms with Crippen LogP contribution < -0.4 is 20.8 Å². The Hall–Kier alpha value is -3.81. The summed E-state index contributed by atoms with van der Waals surface area (Å²) in [7, 11) is 0. The standard InChI is InChI=1S/C25H18Cl2N2O5/c1-14(30)28-18-7-9-19(10-8-18)29-22(31)13-33-25-23(32)20-12-17(27)6-11-21(20)34-24(25)15-2-4-16(26)5-3-15/h2-12H,13H2,1H3,(H,28,30)(H,29,31). The Morgan fingerprint density at radius 3 is 2.15 bits per heavy atom. The number of hydrogen-bond acceptors (Lipinski definition) is 5. The number of halogens is 2. The molecule has 1 aromatic heterocycles. The molecule has 0 saturated heterocycles. The van der Waals surface area contributed by atoms with Gasteiger partial charge in [0.25, 0.3) is 5.91 Å². The minimum atomic E-state index is -0.486. The van der Waals surface area contributed by atoms with E-state index in [1.807, 2.05) is 0 Å². The number of fused-ring (bicyclic) bond motifs is 1. The lowest BCUT2D eigenvalue weighted by atomic mass is 10.1. The van der Waals surface area contributed by atoms with Gasteiger partial charge in [-0.05, 0) is 66.7 Å². The molecule has 0 atom stereocenters. The van der Waals surface area contributed by atoms with E-state index in [4.69, 9.17) is 32.4 Å². The van der Waals surface area contributed by atoms with Crippen molar-refractivity contribution in [2.75, 3.05) is 17.2 Å². The maximum atomic E-state index is 13.2. The molecule has 0 spiro atoms. The van der Waals surface area contributed by atoms with Gasteiger partial charge < -0.3 is 19.8 Å². The Balaban J connectivity index is 1.60. The second-order valence-electron chi connectivity index (χ2n) is 7.33. The summed E-state index contributed by atoms with van der Waals surface area (Å²) in [5.41, 5.74) is 1.53. The molecule has 2 amide bonds. The van der Waals surface area contributed by atoms with E-state index in [1.54, 1.807) is 60.7 Å².